The Balaban J connectivity index is 1.49. The molecule has 3 atom stereocenters. The molecule has 6 heteroatoms. The predicted molar refractivity (Wildman–Crippen MR) is 88.1 cm³/mol. The second kappa shape index (κ2) is 7.27. The summed E-state index contributed by atoms with van der Waals surface area (Å²) in [4.78, 5) is 21.1. The zero-order valence-electron chi connectivity index (χ0n) is 13.9. The van der Waals surface area contributed by atoms with Crippen LogP contribution in [0.4, 0.5) is 4.79 Å². The molecule has 2 aliphatic rings. The molecule has 1 aromatic heterocycles. The van der Waals surface area contributed by atoms with Gasteiger partial charge < -0.3 is 15.0 Å². The van der Waals surface area contributed by atoms with E-state index in [1.54, 1.807) is 0 Å². The number of ether oxygens (including phenoxy) is 1. The molecule has 126 valence electrons. The van der Waals surface area contributed by atoms with Crippen LogP contribution in [-0.4, -0.2) is 65.7 Å². The topological polar surface area (TPSA) is 57.7 Å². The molecule has 0 saturated carbocycles. The van der Waals surface area contributed by atoms with Gasteiger partial charge in [-0.15, -0.1) is 0 Å². The lowest BCUT2D eigenvalue weighted by atomic mass is 10.1. The molecule has 0 spiro atoms. The minimum Gasteiger partial charge on any atom is -0.376 e. The molecular weight excluding hydrogens is 292 g/mol. The first-order valence-corrected chi connectivity index (χ1v) is 8.47. The first-order valence-electron chi connectivity index (χ1n) is 8.47. The van der Waals surface area contributed by atoms with E-state index < -0.39 is 0 Å². The van der Waals surface area contributed by atoms with Crippen LogP contribution in [0.15, 0.2) is 24.4 Å². The molecule has 2 fully saturated rings. The van der Waals surface area contributed by atoms with E-state index in [1.165, 1.54) is 0 Å². The third kappa shape index (κ3) is 3.82. The molecule has 0 unspecified atom stereocenters. The summed E-state index contributed by atoms with van der Waals surface area (Å²) in [6, 6.07) is 6.49. The lowest BCUT2D eigenvalue weighted by molar-refractivity contribution is 0.0997. The number of urea groups is 1. The van der Waals surface area contributed by atoms with E-state index >= 15 is 0 Å². The van der Waals surface area contributed by atoms with Crippen molar-refractivity contribution in [1.29, 1.82) is 0 Å². The molecular formula is C17H26N4O2. The minimum atomic E-state index is 0.0393. The monoisotopic (exact) mass is 318 g/mol. The highest BCUT2D eigenvalue weighted by Crippen LogP contribution is 2.20. The molecule has 2 amide bonds. The van der Waals surface area contributed by atoms with E-state index in [1.807, 2.05) is 30.2 Å². The number of amides is 2. The second-order valence-electron chi connectivity index (χ2n) is 6.37. The maximum absolute atomic E-state index is 12.4. The number of hydrogen-bond acceptors (Lipinski definition) is 4. The molecule has 2 saturated heterocycles. The van der Waals surface area contributed by atoms with Crippen LogP contribution < -0.4 is 5.32 Å². The number of carbonyl (C=O) groups is 1. The normalized spacial score (nSPS) is 27.0. The van der Waals surface area contributed by atoms with E-state index in [0.717, 1.165) is 44.9 Å². The molecule has 3 heterocycles. The SMILES string of the molecule is C[C@@H]1OCC[C@@H]1NC(=O)N1CCN([C@@H](C)c2ccccn2)CC1. The summed E-state index contributed by atoms with van der Waals surface area (Å²) < 4.78 is 5.50. The van der Waals surface area contributed by atoms with Gasteiger partial charge in [0.05, 0.1) is 17.8 Å². The van der Waals surface area contributed by atoms with Gasteiger partial charge in [-0.3, -0.25) is 9.88 Å². The summed E-state index contributed by atoms with van der Waals surface area (Å²) in [7, 11) is 0. The predicted octanol–water partition coefficient (Wildman–Crippen LogP) is 1.65. The zero-order valence-corrected chi connectivity index (χ0v) is 13.9. The van der Waals surface area contributed by atoms with E-state index in [4.69, 9.17) is 4.74 Å². The van der Waals surface area contributed by atoms with Crippen molar-refractivity contribution < 1.29 is 9.53 Å². The highest BCUT2D eigenvalue weighted by molar-refractivity contribution is 5.74. The quantitative estimate of drug-likeness (QED) is 0.921. The fraction of sp³-hybridized carbons (Fsp3) is 0.647. The van der Waals surface area contributed by atoms with Gasteiger partial charge in [0, 0.05) is 45.0 Å². The Morgan fingerprint density at radius 1 is 1.35 bits per heavy atom. The Kier molecular flexibility index (Phi) is 5.13. The Labute approximate surface area is 137 Å². The van der Waals surface area contributed by atoms with Crippen molar-refractivity contribution in [1.82, 2.24) is 20.1 Å². The van der Waals surface area contributed by atoms with Gasteiger partial charge in [-0.25, -0.2) is 4.79 Å². The molecule has 2 aliphatic heterocycles. The number of carbonyl (C=O) groups excluding carboxylic acids is 1. The number of nitrogens with one attached hydrogen (secondary N) is 1. The number of aromatic nitrogens is 1. The number of hydrogen-bond donors (Lipinski definition) is 1. The van der Waals surface area contributed by atoms with Crippen LogP contribution in [0.5, 0.6) is 0 Å². The van der Waals surface area contributed by atoms with Crippen molar-refractivity contribution in [2.45, 2.75) is 38.5 Å². The Morgan fingerprint density at radius 2 is 2.13 bits per heavy atom. The maximum Gasteiger partial charge on any atom is 0.317 e. The zero-order chi connectivity index (χ0) is 16.2. The molecule has 0 bridgehead atoms. The van der Waals surface area contributed by atoms with Gasteiger partial charge in [0.25, 0.3) is 0 Å². The average molecular weight is 318 g/mol. The molecule has 3 rings (SSSR count). The molecule has 0 radical (unpaired) electrons. The van der Waals surface area contributed by atoms with Gasteiger partial charge in [-0.05, 0) is 32.4 Å². The summed E-state index contributed by atoms with van der Waals surface area (Å²) in [6.45, 7) is 8.20. The molecule has 1 N–H and O–H groups in total. The summed E-state index contributed by atoms with van der Waals surface area (Å²) in [5.74, 6) is 0. The molecule has 23 heavy (non-hydrogen) atoms. The van der Waals surface area contributed by atoms with Gasteiger partial charge in [0.2, 0.25) is 0 Å². The van der Waals surface area contributed by atoms with Gasteiger partial charge in [-0.2, -0.15) is 0 Å². The summed E-state index contributed by atoms with van der Waals surface area (Å²) >= 11 is 0. The van der Waals surface area contributed by atoms with Crippen molar-refractivity contribution >= 4 is 6.03 Å². The standard InChI is InChI=1S/C17H26N4O2/c1-13(15-5-3-4-7-18-15)20-8-10-21(11-9-20)17(22)19-16-6-12-23-14(16)2/h3-5,7,13-14,16H,6,8-12H2,1-2H3,(H,19,22)/t13-,14-,16-/m0/s1. The number of pyridine rings is 1. The van der Waals surface area contributed by atoms with Crippen LogP contribution in [0.25, 0.3) is 0 Å². The van der Waals surface area contributed by atoms with Crippen LogP contribution in [-0.2, 0) is 4.74 Å². The summed E-state index contributed by atoms with van der Waals surface area (Å²) in [5, 5.41) is 3.11. The minimum absolute atomic E-state index is 0.0393. The Hall–Kier alpha value is -1.66. The molecule has 6 nitrogen and oxygen atoms in total. The van der Waals surface area contributed by atoms with Crippen molar-refractivity contribution in [2.75, 3.05) is 32.8 Å². The average Bonchev–Trinajstić information content (AvgIpc) is 3.00. The fourth-order valence-electron chi connectivity index (χ4n) is 3.29. The summed E-state index contributed by atoms with van der Waals surface area (Å²) in [6.07, 6.45) is 2.86. The second-order valence-corrected chi connectivity index (χ2v) is 6.37. The molecule has 1 aromatic rings. The first-order chi connectivity index (χ1) is 11.1. The number of rotatable bonds is 3. The highest BCUT2D eigenvalue weighted by atomic mass is 16.5. The maximum atomic E-state index is 12.4. The van der Waals surface area contributed by atoms with Gasteiger partial charge in [0.1, 0.15) is 0 Å². The van der Waals surface area contributed by atoms with Crippen LogP contribution in [0.1, 0.15) is 32.0 Å². The van der Waals surface area contributed by atoms with E-state index in [9.17, 15) is 4.79 Å². The smallest absolute Gasteiger partial charge is 0.317 e. The van der Waals surface area contributed by atoms with Crippen LogP contribution in [0.3, 0.4) is 0 Å². The highest BCUT2D eigenvalue weighted by Gasteiger charge is 2.29. The largest absolute Gasteiger partial charge is 0.376 e. The van der Waals surface area contributed by atoms with E-state index in [-0.39, 0.29) is 24.2 Å². The van der Waals surface area contributed by atoms with E-state index in [0.29, 0.717) is 0 Å². The van der Waals surface area contributed by atoms with Crippen LogP contribution in [0, 0.1) is 0 Å². The molecule has 0 aliphatic carbocycles. The first kappa shape index (κ1) is 16.2. The third-order valence-electron chi connectivity index (χ3n) is 4.95. The van der Waals surface area contributed by atoms with Crippen molar-refractivity contribution in [2.24, 2.45) is 0 Å². The van der Waals surface area contributed by atoms with Gasteiger partial charge in [-0.1, -0.05) is 6.07 Å². The lowest BCUT2D eigenvalue weighted by Gasteiger charge is -2.38. The lowest BCUT2D eigenvalue weighted by Crippen LogP contribution is -2.54. The van der Waals surface area contributed by atoms with Crippen molar-refractivity contribution in [3.8, 4) is 0 Å². The third-order valence-corrected chi connectivity index (χ3v) is 4.95. The summed E-state index contributed by atoms with van der Waals surface area (Å²) in [5.41, 5.74) is 1.09. The van der Waals surface area contributed by atoms with Gasteiger partial charge in [0.15, 0.2) is 0 Å². The Morgan fingerprint density at radius 3 is 2.74 bits per heavy atom. The number of nitrogens with zero attached hydrogens (tertiary/aromatic N) is 3. The number of piperazine rings is 1. The molecule has 0 aromatic carbocycles. The fourth-order valence-corrected chi connectivity index (χ4v) is 3.29. The van der Waals surface area contributed by atoms with Crippen molar-refractivity contribution in [3.63, 3.8) is 0 Å². The van der Waals surface area contributed by atoms with E-state index in [2.05, 4.69) is 28.2 Å². The van der Waals surface area contributed by atoms with Crippen LogP contribution >= 0.6 is 0 Å². The van der Waals surface area contributed by atoms with Crippen molar-refractivity contribution in [3.05, 3.63) is 30.1 Å². The Bertz CT molecular complexity index is 517. The van der Waals surface area contributed by atoms with Crippen LogP contribution in [0.2, 0.25) is 0 Å². The van der Waals surface area contributed by atoms with Gasteiger partial charge >= 0.3 is 6.03 Å².